The maximum Gasteiger partial charge on any atom is 0.371 e. The van der Waals surface area contributed by atoms with Gasteiger partial charge in [0.1, 0.15) is 6.26 Å². The SMILES string of the molecule is CCCCCC(CCCC)Oc1coc(C(=O)O)c1. The van der Waals surface area contributed by atoms with Crippen LogP contribution in [0.1, 0.15) is 69.3 Å². The minimum absolute atomic E-state index is 0.0715. The monoisotopic (exact) mass is 268 g/mol. The van der Waals surface area contributed by atoms with E-state index in [0.29, 0.717) is 5.75 Å². The van der Waals surface area contributed by atoms with E-state index >= 15 is 0 Å². The molecule has 1 atom stereocenters. The van der Waals surface area contributed by atoms with Gasteiger partial charge in [0.15, 0.2) is 5.75 Å². The maximum absolute atomic E-state index is 10.7. The number of furan rings is 1. The Morgan fingerprint density at radius 1 is 1.26 bits per heavy atom. The summed E-state index contributed by atoms with van der Waals surface area (Å²) >= 11 is 0. The van der Waals surface area contributed by atoms with Crippen LogP contribution in [0.25, 0.3) is 0 Å². The zero-order chi connectivity index (χ0) is 14.1. The first-order chi connectivity index (χ1) is 9.17. The number of carboxylic acids is 1. The van der Waals surface area contributed by atoms with Crippen molar-refractivity contribution in [3.05, 3.63) is 18.1 Å². The lowest BCUT2D eigenvalue weighted by Crippen LogP contribution is -2.16. The third-order valence-electron chi connectivity index (χ3n) is 3.10. The van der Waals surface area contributed by atoms with Gasteiger partial charge in [-0.2, -0.15) is 0 Å². The Morgan fingerprint density at radius 2 is 1.95 bits per heavy atom. The molecule has 0 radical (unpaired) electrons. The van der Waals surface area contributed by atoms with Gasteiger partial charge in [0.2, 0.25) is 5.76 Å². The van der Waals surface area contributed by atoms with Crippen LogP contribution in [0.4, 0.5) is 0 Å². The molecule has 1 aromatic rings. The first-order valence-corrected chi connectivity index (χ1v) is 7.15. The summed E-state index contributed by atoms with van der Waals surface area (Å²) < 4.78 is 10.8. The number of unbranched alkanes of at least 4 members (excludes halogenated alkanes) is 3. The quantitative estimate of drug-likeness (QED) is 0.635. The van der Waals surface area contributed by atoms with Crippen LogP contribution in [0.3, 0.4) is 0 Å². The molecule has 0 aliphatic heterocycles. The molecule has 0 aromatic carbocycles. The predicted molar refractivity (Wildman–Crippen MR) is 73.8 cm³/mol. The van der Waals surface area contributed by atoms with Gasteiger partial charge in [-0.1, -0.05) is 39.5 Å². The molecule has 1 rings (SSSR count). The zero-order valence-corrected chi connectivity index (χ0v) is 11.9. The largest absolute Gasteiger partial charge is 0.487 e. The van der Waals surface area contributed by atoms with Gasteiger partial charge in [-0.3, -0.25) is 0 Å². The number of ether oxygens (including phenoxy) is 1. The minimum atomic E-state index is -1.06. The molecule has 0 fully saturated rings. The molecule has 1 aromatic heterocycles. The van der Waals surface area contributed by atoms with E-state index in [2.05, 4.69) is 13.8 Å². The van der Waals surface area contributed by atoms with Crippen molar-refractivity contribution >= 4 is 5.97 Å². The van der Waals surface area contributed by atoms with Gasteiger partial charge in [-0.05, 0) is 19.3 Å². The summed E-state index contributed by atoms with van der Waals surface area (Å²) in [5.41, 5.74) is 0. The fourth-order valence-electron chi connectivity index (χ4n) is 2.00. The molecular weight excluding hydrogens is 244 g/mol. The Morgan fingerprint density at radius 3 is 2.53 bits per heavy atom. The first-order valence-electron chi connectivity index (χ1n) is 7.15. The van der Waals surface area contributed by atoms with Crippen LogP contribution in [-0.2, 0) is 0 Å². The van der Waals surface area contributed by atoms with E-state index in [1.807, 2.05) is 0 Å². The maximum atomic E-state index is 10.7. The predicted octanol–water partition coefficient (Wildman–Crippen LogP) is 4.50. The van der Waals surface area contributed by atoms with Gasteiger partial charge in [-0.15, -0.1) is 0 Å². The van der Waals surface area contributed by atoms with E-state index in [1.165, 1.54) is 25.2 Å². The zero-order valence-electron chi connectivity index (χ0n) is 11.9. The smallest absolute Gasteiger partial charge is 0.371 e. The second kappa shape index (κ2) is 8.62. The summed E-state index contributed by atoms with van der Waals surface area (Å²) in [5, 5.41) is 8.80. The van der Waals surface area contributed by atoms with Crippen LogP contribution in [0.5, 0.6) is 5.75 Å². The van der Waals surface area contributed by atoms with E-state index in [-0.39, 0.29) is 11.9 Å². The molecule has 4 nitrogen and oxygen atoms in total. The molecular formula is C15H24O4. The fraction of sp³-hybridized carbons (Fsp3) is 0.667. The number of hydrogen-bond donors (Lipinski definition) is 1. The summed E-state index contributed by atoms with van der Waals surface area (Å²) in [7, 11) is 0. The van der Waals surface area contributed by atoms with Gasteiger partial charge in [0, 0.05) is 6.07 Å². The molecule has 19 heavy (non-hydrogen) atoms. The molecule has 0 saturated carbocycles. The van der Waals surface area contributed by atoms with Crippen molar-refractivity contribution in [3.8, 4) is 5.75 Å². The number of rotatable bonds is 10. The fourth-order valence-corrected chi connectivity index (χ4v) is 2.00. The molecule has 1 heterocycles. The van der Waals surface area contributed by atoms with Crippen LogP contribution in [-0.4, -0.2) is 17.2 Å². The standard InChI is InChI=1S/C15H24O4/c1-3-5-7-9-12(8-6-4-2)19-13-10-14(15(16)17)18-11-13/h10-12H,3-9H2,1-2H3,(H,16,17). The summed E-state index contributed by atoms with van der Waals surface area (Å²) in [5.74, 6) is -0.612. The van der Waals surface area contributed by atoms with Crippen LogP contribution >= 0.6 is 0 Å². The van der Waals surface area contributed by atoms with Crippen LogP contribution in [0, 0.1) is 0 Å². The Hall–Kier alpha value is -1.45. The third-order valence-corrected chi connectivity index (χ3v) is 3.10. The molecule has 0 aliphatic carbocycles. The second-order valence-corrected chi connectivity index (χ2v) is 4.83. The first kappa shape index (κ1) is 15.6. The van der Waals surface area contributed by atoms with Gasteiger partial charge < -0.3 is 14.3 Å². The van der Waals surface area contributed by atoms with E-state index in [1.54, 1.807) is 0 Å². The lowest BCUT2D eigenvalue weighted by molar-refractivity contribution is 0.0662. The minimum Gasteiger partial charge on any atom is -0.487 e. The van der Waals surface area contributed by atoms with Crippen molar-refractivity contribution in [1.82, 2.24) is 0 Å². The number of hydrogen-bond acceptors (Lipinski definition) is 3. The van der Waals surface area contributed by atoms with Crippen molar-refractivity contribution in [2.24, 2.45) is 0 Å². The number of carbonyl (C=O) groups is 1. The lowest BCUT2D eigenvalue weighted by Gasteiger charge is -2.17. The van der Waals surface area contributed by atoms with Crippen molar-refractivity contribution in [1.29, 1.82) is 0 Å². The normalized spacial score (nSPS) is 12.3. The van der Waals surface area contributed by atoms with Crippen molar-refractivity contribution in [2.45, 2.75) is 64.9 Å². The number of aromatic carboxylic acids is 1. The van der Waals surface area contributed by atoms with Crippen molar-refractivity contribution in [3.63, 3.8) is 0 Å². The third kappa shape index (κ3) is 5.81. The van der Waals surface area contributed by atoms with E-state index in [0.717, 1.165) is 32.1 Å². The average Bonchev–Trinajstić information content (AvgIpc) is 2.84. The number of carboxylic acid groups (broad SMARTS) is 1. The van der Waals surface area contributed by atoms with Gasteiger partial charge in [-0.25, -0.2) is 4.79 Å². The highest BCUT2D eigenvalue weighted by atomic mass is 16.5. The molecule has 4 heteroatoms. The topological polar surface area (TPSA) is 59.7 Å². The lowest BCUT2D eigenvalue weighted by atomic mass is 10.1. The average molecular weight is 268 g/mol. The van der Waals surface area contributed by atoms with Gasteiger partial charge in [0.25, 0.3) is 0 Å². The van der Waals surface area contributed by atoms with E-state index < -0.39 is 5.97 Å². The van der Waals surface area contributed by atoms with Crippen molar-refractivity contribution in [2.75, 3.05) is 0 Å². The Labute approximate surface area is 114 Å². The Bertz CT molecular complexity index is 370. The molecule has 0 amide bonds. The summed E-state index contributed by atoms with van der Waals surface area (Å²) in [6.07, 6.45) is 9.37. The summed E-state index contributed by atoms with van der Waals surface area (Å²) in [6.45, 7) is 4.33. The van der Waals surface area contributed by atoms with Crippen LogP contribution < -0.4 is 4.74 Å². The van der Waals surface area contributed by atoms with E-state index in [4.69, 9.17) is 14.3 Å². The van der Waals surface area contributed by atoms with Gasteiger partial charge in [0.05, 0.1) is 6.10 Å². The summed E-state index contributed by atoms with van der Waals surface area (Å²) in [4.78, 5) is 10.7. The molecule has 1 N–H and O–H groups in total. The van der Waals surface area contributed by atoms with Crippen LogP contribution in [0.15, 0.2) is 16.7 Å². The van der Waals surface area contributed by atoms with E-state index in [9.17, 15) is 4.79 Å². The molecule has 108 valence electrons. The van der Waals surface area contributed by atoms with Gasteiger partial charge >= 0.3 is 5.97 Å². The molecule has 0 aliphatic rings. The highest BCUT2D eigenvalue weighted by molar-refractivity contribution is 5.84. The van der Waals surface area contributed by atoms with Crippen molar-refractivity contribution < 1.29 is 19.1 Å². The Balaban J connectivity index is 2.51. The highest BCUT2D eigenvalue weighted by Crippen LogP contribution is 2.21. The van der Waals surface area contributed by atoms with Crippen LogP contribution in [0.2, 0.25) is 0 Å². The second-order valence-electron chi connectivity index (χ2n) is 4.83. The molecule has 1 unspecified atom stereocenters. The highest BCUT2D eigenvalue weighted by Gasteiger charge is 2.14. The molecule has 0 spiro atoms. The molecule has 0 bridgehead atoms. The molecule has 0 saturated heterocycles. The summed E-state index contributed by atoms with van der Waals surface area (Å²) in [6, 6.07) is 1.45. The Kier molecular flexibility index (Phi) is 7.08.